The fraction of sp³-hybridized carbons (Fsp3) is 0.0811. The highest BCUT2D eigenvalue weighted by atomic mass is 15.1. The van der Waals surface area contributed by atoms with Gasteiger partial charge in [-0.3, -0.25) is 0 Å². The van der Waals surface area contributed by atoms with E-state index in [2.05, 4.69) is 155 Å². The molecule has 0 N–H and O–H groups in total. The molecule has 0 radical (unpaired) electrons. The third-order valence-corrected chi connectivity index (χ3v) is 9.01. The van der Waals surface area contributed by atoms with Gasteiger partial charge in [0, 0.05) is 50.2 Å². The zero-order valence-electron chi connectivity index (χ0n) is 22.5. The van der Waals surface area contributed by atoms with Crippen molar-refractivity contribution in [2.75, 3.05) is 0 Å². The Morgan fingerprint density at radius 1 is 0.475 bits per heavy atom. The second kappa shape index (κ2) is 7.55. The van der Waals surface area contributed by atoms with Crippen LogP contribution in [0.1, 0.15) is 25.1 Å². The van der Waals surface area contributed by atoms with Crippen LogP contribution in [0.25, 0.3) is 60.7 Å². The quantitative estimate of drug-likeness (QED) is 0.219. The van der Waals surface area contributed by atoms with E-state index in [-0.39, 0.29) is 5.41 Å². The van der Waals surface area contributed by atoms with Crippen molar-refractivity contribution in [3.63, 3.8) is 0 Å². The Morgan fingerprint density at radius 3 is 1.57 bits per heavy atom. The molecule has 9 rings (SSSR count). The third-order valence-electron chi connectivity index (χ3n) is 9.01. The summed E-state index contributed by atoms with van der Waals surface area (Å²) in [7, 11) is 0. The standard InChI is InChI=1S/C37H27N3/c1-37(2)30-14-6-10-18-34(30)38-23-29-28-13-5-9-17-33(28)40(35(29)36(37)38)25-21-19-24(20-22-25)39-31-15-7-3-11-26(31)27-12-4-8-16-32(27)39/h3-23H,1-2H3. The van der Waals surface area contributed by atoms with Gasteiger partial charge < -0.3 is 13.7 Å². The van der Waals surface area contributed by atoms with Crippen LogP contribution in [-0.2, 0) is 5.41 Å². The van der Waals surface area contributed by atoms with Gasteiger partial charge in [-0.1, -0.05) is 86.6 Å². The van der Waals surface area contributed by atoms with Crippen molar-refractivity contribution in [3.8, 4) is 17.1 Å². The number of rotatable bonds is 2. The molecule has 8 aromatic rings. The first-order chi connectivity index (χ1) is 19.6. The van der Waals surface area contributed by atoms with E-state index in [1.165, 1.54) is 71.9 Å². The molecular weight excluding hydrogens is 486 g/mol. The summed E-state index contributed by atoms with van der Waals surface area (Å²) in [5, 5.41) is 5.16. The van der Waals surface area contributed by atoms with E-state index in [4.69, 9.17) is 0 Å². The third kappa shape index (κ3) is 2.64. The number of para-hydroxylation sites is 4. The molecule has 0 unspecified atom stereocenters. The maximum absolute atomic E-state index is 2.47. The molecular formula is C37H27N3. The van der Waals surface area contributed by atoms with Crippen LogP contribution in [0.3, 0.4) is 0 Å². The van der Waals surface area contributed by atoms with Crippen LogP contribution >= 0.6 is 0 Å². The van der Waals surface area contributed by atoms with E-state index >= 15 is 0 Å². The Hall–Kier alpha value is -5.02. The minimum absolute atomic E-state index is 0.104. The minimum Gasteiger partial charge on any atom is -0.317 e. The monoisotopic (exact) mass is 513 g/mol. The molecule has 0 saturated carbocycles. The molecule has 40 heavy (non-hydrogen) atoms. The molecule has 190 valence electrons. The Labute approximate surface area is 232 Å². The molecule has 1 aliphatic rings. The highest BCUT2D eigenvalue weighted by Gasteiger charge is 2.39. The average molecular weight is 514 g/mol. The molecule has 1 aliphatic heterocycles. The summed E-state index contributed by atoms with van der Waals surface area (Å²) < 4.78 is 7.28. The number of benzene rings is 5. The largest absolute Gasteiger partial charge is 0.317 e. The van der Waals surface area contributed by atoms with Gasteiger partial charge in [0.05, 0.1) is 27.8 Å². The van der Waals surface area contributed by atoms with Crippen molar-refractivity contribution < 1.29 is 0 Å². The molecule has 0 fully saturated rings. The maximum Gasteiger partial charge on any atom is 0.0763 e. The lowest BCUT2D eigenvalue weighted by Crippen LogP contribution is -2.16. The first-order valence-electron chi connectivity index (χ1n) is 14.0. The smallest absolute Gasteiger partial charge is 0.0763 e. The van der Waals surface area contributed by atoms with E-state index in [1.807, 2.05) is 0 Å². The molecule has 3 nitrogen and oxygen atoms in total. The lowest BCUT2D eigenvalue weighted by Gasteiger charge is -2.21. The van der Waals surface area contributed by atoms with E-state index < -0.39 is 0 Å². The fourth-order valence-electron chi connectivity index (χ4n) is 7.28. The van der Waals surface area contributed by atoms with E-state index in [0.29, 0.717) is 0 Å². The number of hydrogen-bond donors (Lipinski definition) is 0. The SMILES string of the molecule is CC1(C)c2ccccc2-n2cc3c4ccccc4n(-c4ccc(-n5c6ccccc6c6ccccc65)cc4)c3c21. The molecule has 3 aromatic heterocycles. The Balaban J connectivity index is 1.30. The molecule has 0 amide bonds. The summed E-state index contributed by atoms with van der Waals surface area (Å²) in [5.41, 5.74) is 11.3. The number of fused-ring (bicyclic) bond motifs is 10. The van der Waals surface area contributed by atoms with Gasteiger partial charge in [0.25, 0.3) is 0 Å². The molecule has 0 aliphatic carbocycles. The summed E-state index contributed by atoms with van der Waals surface area (Å²) in [6, 6.07) is 44.1. The summed E-state index contributed by atoms with van der Waals surface area (Å²) in [6.45, 7) is 4.72. The van der Waals surface area contributed by atoms with Crippen molar-refractivity contribution >= 4 is 43.6 Å². The first kappa shape index (κ1) is 21.9. The zero-order chi connectivity index (χ0) is 26.6. The molecule has 5 aromatic carbocycles. The topological polar surface area (TPSA) is 14.8 Å². The summed E-state index contributed by atoms with van der Waals surface area (Å²) in [5.74, 6) is 0. The maximum atomic E-state index is 2.47. The van der Waals surface area contributed by atoms with Crippen LogP contribution < -0.4 is 0 Å². The summed E-state index contributed by atoms with van der Waals surface area (Å²) in [4.78, 5) is 0. The van der Waals surface area contributed by atoms with Crippen molar-refractivity contribution in [3.05, 3.63) is 139 Å². The van der Waals surface area contributed by atoms with Crippen molar-refractivity contribution in [1.82, 2.24) is 13.7 Å². The van der Waals surface area contributed by atoms with Gasteiger partial charge in [-0.05, 0) is 54.1 Å². The summed E-state index contributed by atoms with van der Waals surface area (Å²) >= 11 is 0. The van der Waals surface area contributed by atoms with E-state index in [1.54, 1.807) is 0 Å². The fourth-order valence-corrected chi connectivity index (χ4v) is 7.28. The van der Waals surface area contributed by atoms with Crippen LogP contribution in [0.2, 0.25) is 0 Å². The number of aromatic nitrogens is 3. The van der Waals surface area contributed by atoms with E-state index in [9.17, 15) is 0 Å². The predicted octanol–water partition coefficient (Wildman–Crippen LogP) is 9.31. The molecule has 3 heteroatoms. The van der Waals surface area contributed by atoms with Gasteiger partial charge >= 0.3 is 0 Å². The van der Waals surface area contributed by atoms with Gasteiger partial charge in [-0.15, -0.1) is 0 Å². The van der Waals surface area contributed by atoms with Crippen molar-refractivity contribution in [1.29, 1.82) is 0 Å². The zero-order valence-corrected chi connectivity index (χ0v) is 22.5. The second-order valence-electron chi connectivity index (χ2n) is 11.5. The lowest BCUT2D eigenvalue weighted by molar-refractivity contribution is 0.646. The van der Waals surface area contributed by atoms with Crippen LogP contribution in [-0.4, -0.2) is 13.7 Å². The normalized spacial score (nSPS) is 13.9. The van der Waals surface area contributed by atoms with Crippen LogP contribution in [0.15, 0.2) is 128 Å². The van der Waals surface area contributed by atoms with Gasteiger partial charge in [0.2, 0.25) is 0 Å². The van der Waals surface area contributed by atoms with Gasteiger partial charge in [0.15, 0.2) is 0 Å². The molecule has 4 heterocycles. The van der Waals surface area contributed by atoms with Crippen LogP contribution in [0.5, 0.6) is 0 Å². The molecule has 0 atom stereocenters. The molecule has 0 saturated heterocycles. The predicted molar refractivity (Wildman–Crippen MR) is 167 cm³/mol. The minimum atomic E-state index is -0.104. The van der Waals surface area contributed by atoms with Crippen LogP contribution in [0, 0.1) is 0 Å². The summed E-state index contributed by atoms with van der Waals surface area (Å²) in [6.07, 6.45) is 2.35. The van der Waals surface area contributed by atoms with Crippen molar-refractivity contribution in [2.24, 2.45) is 0 Å². The van der Waals surface area contributed by atoms with Crippen molar-refractivity contribution in [2.45, 2.75) is 19.3 Å². The highest BCUT2D eigenvalue weighted by Crippen LogP contribution is 2.49. The highest BCUT2D eigenvalue weighted by molar-refractivity contribution is 6.12. The van der Waals surface area contributed by atoms with Gasteiger partial charge in [-0.25, -0.2) is 0 Å². The van der Waals surface area contributed by atoms with Gasteiger partial charge in [0.1, 0.15) is 0 Å². The first-order valence-corrected chi connectivity index (χ1v) is 14.0. The molecule has 0 bridgehead atoms. The Morgan fingerprint density at radius 2 is 0.950 bits per heavy atom. The van der Waals surface area contributed by atoms with Gasteiger partial charge in [-0.2, -0.15) is 0 Å². The average Bonchev–Trinajstić information content (AvgIpc) is 3.69. The second-order valence-corrected chi connectivity index (χ2v) is 11.5. The number of nitrogens with zero attached hydrogens (tertiary/aromatic N) is 3. The molecule has 0 spiro atoms. The lowest BCUT2D eigenvalue weighted by atomic mass is 9.83. The Bertz CT molecular complexity index is 2230. The van der Waals surface area contributed by atoms with Crippen LogP contribution in [0.4, 0.5) is 0 Å². The van der Waals surface area contributed by atoms with E-state index in [0.717, 1.165) is 0 Å². The Kier molecular flexibility index (Phi) is 4.13. The number of hydrogen-bond acceptors (Lipinski definition) is 0.